The molecule has 2 fully saturated rings. The van der Waals surface area contributed by atoms with Crippen molar-refractivity contribution in [1.29, 1.82) is 0 Å². The Morgan fingerprint density at radius 1 is 1.00 bits per heavy atom. The Labute approximate surface area is 139 Å². The lowest BCUT2D eigenvalue weighted by molar-refractivity contribution is 0.131. The standard InChI is InChI=1S/C17H26N2O3S/c1-14-5-6-15(2)17(13-14)22-16-7-11-19(12-8-16)23(20,21)18-9-3-4-10-18/h5-6,13,16H,3-4,7-12H2,1-2H3. The summed E-state index contributed by atoms with van der Waals surface area (Å²) >= 11 is 0. The fraction of sp³-hybridized carbons (Fsp3) is 0.647. The average molecular weight is 338 g/mol. The van der Waals surface area contributed by atoms with Crippen molar-refractivity contribution in [3.05, 3.63) is 29.3 Å². The molecule has 0 bridgehead atoms. The van der Waals surface area contributed by atoms with E-state index in [1.165, 1.54) is 5.56 Å². The van der Waals surface area contributed by atoms with Gasteiger partial charge in [-0.05, 0) is 56.7 Å². The maximum absolute atomic E-state index is 12.6. The highest BCUT2D eigenvalue weighted by molar-refractivity contribution is 7.86. The van der Waals surface area contributed by atoms with Crippen LogP contribution in [0.4, 0.5) is 0 Å². The number of nitrogens with zero attached hydrogens (tertiary/aromatic N) is 2. The van der Waals surface area contributed by atoms with E-state index in [1.54, 1.807) is 8.61 Å². The van der Waals surface area contributed by atoms with Gasteiger partial charge in [0.1, 0.15) is 11.9 Å². The molecule has 128 valence electrons. The van der Waals surface area contributed by atoms with Crippen molar-refractivity contribution in [2.45, 2.75) is 45.6 Å². The van der Waals surface area contributed by atoms with Crippen LogP contribution in [0.2, 0.25) is 0 Å². The van der Waals surface area contributed by atoms with E-state index in [4.69, 9.17) is 4.74 Å². The molecular formula is C17H26N2O3S. The van der Waals surface area contributed by atoms with Gasteiger partial charge in [0.2, 0.25) is 0 Å². The van der Waals surface area contributed by atoms with E-state index in [9.17, 15) is 8.42 Å². The first-order valence-electron chi connectivity index (χ1n) is 8.46. The van der Waals surface area contributed by atoms with Crippen LogP contribution in [-0.4, -0.2) is 49.3 Å². The van der Waals surface area contributed by atoms with E-state index in [2.05, 4.69) is 25.1 Å². The fourth-order valence-electron chi connectivity index (χ4n) is 3.28. The van der Waals surface area contributed by atoms with Crippen LogP contribution in [0.3, 0.4) is 0 Å². The van der Waals surface area contributed by atoms with Gasteiger partial charge in [0.15, 0.2) is 0 Å². The molecule has 0 unspecified atom stereocenters. The molecule has 0 aliphatic carbocycles. The molecule has 2 heterocycles. The minimum absolute atomic E-state index is 0.0977. The maximum Gasteiger partial charge on any atom is 0.281 e. The third-order valence-corrected chi connectivity index (χ3v) is 6.79. The predicted octanol–water partition coefficient (Wildman–Crippen LogP) is 2.49. The smallest absolute Gasteiger partial charge is 0.281 e. The molecule has 23 heavy (non-hydrogen) atoms. The average Bonchev–Trinajstić information content (AvgIpc) is 3.07. The number of rotatable bonds is 4. The van der Waals surface area contributed by atoms with Gasteiger partial charge in [0.25, 0.3) is 10.2 Å². The second-order valence-electron chi connectivity index (χ2n) is 6.60. The van der Waals surface area contributed by atoms with Crippen LogP contribution in [0.25, 0.3) is 0 Å². The zero-order valence-electron chi connectivity index (χ0n) is 14.0. The molecule has 2 aliphatic heterocycles. The summed E-state index contributed by atoms with van der Waals surface area (Å²) in [6.45, 7) is 6.53. The van der Waals surface area contributed by atoms with Gasteiger partial charge in [-0.15, -0.1) is 0 Å². The number of hydrogen-bond acceptors (Lipinski definition) is 3. The summed E-state index contributed by atoms with van der Waals surface area (Å²) in [6.07, 6.45) is 3.55. The van der Waals surface area contributed by atoms with Crippen LogP contribution in [0, 0.1) is 13.8 Å². The Hall–Kier alpha value is -1.11. The molecule has 2 aliphatic rings. The summed E-state index contributed by atoms with van der Waals surface area (Å²) in [5, 5.41) is 0. The van der Waals surface area contributed by atoms with Crippen molar-refractivity contribution in [3.8, 4) is 5.75 Å². The van der Waals surface area contributed by atoms with Crippen molar-refractivity contribution in [1.82, 2.24) is 8.61 Å². The van der Waals surface area contributed by atoms with E-state index in [0.717, 1.165) is 37.0 Å². The number of aryl methyl sites for hydroxylation is 2. The summed E-state index contributed by atoms with van der Waals surface area (Å²) in [4.78, 5) is 0. The third kappa shape index (κ3) is 3.70. The fourth-order valence-corrected chi connectivity index (χ4v) is 5.00. The van der Waals surface area contributed by atoms with E-state index in [-0.39, 0.29) is 6.10 Å². The van der Waals surface area contributed by atoms with Crippen LogP contribution < -0.4 is 4.74 Å². The first-order valence-corrected chi connectivity index (χ1v) is 9.85. The number of hydrogen-bond donors (Lipinski definition) is 0. The lowest BCUT2D eigenvalue weighted by Gasteiger charge is -2.34. The zero-order chi connectivity index (χ0) is 16.4. The summed E-state index contributed by atoms with van der Waals surface area (Å²) in [6, 6.07) is 6.20. The van der Waals surface area contributed by atoms with Crippen LogP contribution in [0.15, 0.2) is 18.2 Å². The normalized spacial score (nSPS) is 21.7. The minimum atomic E-state index is -3.26. The molecule has 1 aromatic carbocycles. The molecule has 0 saturated carbocycles. The lowest BCUT2D eigenvalue weighted by Crippen LogP contribution is -2.47. The highest BCUT2D eigenvalue weighted by Crippen LogP contribution is 2.26. The molecule has 0 amide bonds. The SMILES string of the molecule is Cc1ccc(C)c(OC2CCN(S(=O)(=O)N3CCCC3)CC2)c1. The summed E-state index contributed by atoms with van der Waals surface area (Å²) in [5.74, 6) is 0.922. The maximum atomic E-state index is 12.6. The van der Waals surface area contributed by atoms with Crippen LogP contribution >= 0.6 is 0 Å². The van der Waals surface area contributed by atoms with Gasteiger partial charge in [-0.1, -0.05) is 12.1 Å². The highest BCUT2D eigenvalue weighted by atomic mass is 32.2. The molecule has 1 aromatic rings. The van der Waals surface area contributed by atoms with E-state index in [1.807, 2.05) is 6.92 Å². The number of piperidine rings is 1. The van der Waals surface area contributed by atoms with Gasteiger partial charge in [-0.2, -0.15) is 17.0 Å². The van der Waals surface area contributed by atoms with Gasteiger partial charge in [0.05, 0.1) is 0 Å². The Bertz CT molecular complexity index is 646. The molecule has 2 saturated heterocycles. The highest BCUT2D eigenvalue weighted by Gasteiger charge is 2.34. The Morgan fingerprint density at radius 3 is 2.26 bits per heavy atom. The largest absolute Gasteiger partial charge is 0.490 e. The van der Waals surface area contributed by atoms with Gasteiger partial charge in [-0.25, -0.2) is 0 Å². The monoisotopic (exact) mass is 338 g/mol. The number of benzene rings is 1. The van der Waals surface area contributed by atoms with Crippen molar-refractivity contribution >= 4 is 10.2 Å². The molecule has 0 aromatic heterocycles. The van der Waals surface area contributed by atoms with Crippen LogP contribution in [-0.2, 0) is 10.2 Å². The zero-order valence-corrected chi connectivity index (χ0v) is 14.8. The molecule has 0 spiro atoms. The Balaban J connectivity index is 1.59. The quantitative estimate of drug-likeness (QED) is 0.847. The van der Waals surface area contributed by atoms with Gasteiger partial charge < -0.3 is 4.74 Å². The first-order chi connectivity index (χ1) is 11.0. The van der Waals surface area contributed by atoms with E-state index in [0.29, 0.717) is 26.2 Å². The first kappa shape index (κ1) is 16.7. The Morgan fingerprint density at radius 2 is 1.61 bits per heavy atom. The van der Waals surface area contributed by atoms with Gasteiger partial charge >= 0.3 is 0 Å². The molecule has 6 heteroatoms. The van der Waals surface area contributed by atoms with Crippen molar-refractivity contribution in [2.75, 3.05) is 26.2 Å². The van der Waals surface area contributed by atoms with Crippen molar-refractivity contribution in [2.24, 2.45) is 0 Å². The predicted molar refractivity (Wildman–Crippen MR) is 90.9 cm³/mol. The Kier molecular flexibility index (Phi) is 4.94. The number of ether oxygens (including phenoxy) is 1. The second kappa shape index (κ2) is 6.79. The topological polar surface area (TPSA) is 49.9 Å². The molecule has 0 radical (unpaired) electrons. The molecular weight excluding hydrogens is 312 g/mol. The lowest BCUT2D eigenvalue weighted by atomic mass is 10.1. The van der Waals surface area contributed by atoms with Crippen molar-refractivity contribution < 1.29 is 13.2 Å². The molecule has 0 N–H and O–H groups in total. The summed E-state index contributed by atoms with van der Waals surface area (Å²) in [7, 11) is -3.26. The third-order valence-electron chi connectivity index (χ3n) is 4.76. The van der Waals surface area contributed by atoms with Crippen LogP contribution in [0.1, 0.15) is 36.8 Å². The van der Waals surface area contributed by atoms with Crippen LogP contribution in [0.5, 0.6) is 5.75 Å². The van der Waals surface area contributed by atoms with Gasteiger partial charge in [-0.3, -0.25) is 0 Å². The molecule has 5 nitrogen and oxygen atoms in total. The summed E-state index contributed by atoms with van der Waals surface area (Å²) in [5.41, 5.74) is 2.31. The minimum Gasteiger partial charge on any atom is -0.490 e. The van der Waals surface area contributed by atoms with Crippen molar-refractivity contribution in [3.63, 3.8) is 0 Å². The van der Waals surface area contributed by atoms with E-state index < -0.39 is 10.2 Å². The van der Waals surface area contributed by atoms with E-state index >= 15 is 0 Å². The molecule has 0 atom stereocenters. The summed E-state index contributed by atoms with van der Waals surface area (Å²) < 4.78 is 34.5. The van der Waals surface area contributed by atoms with Gasteiger partial charge in [0, 0.05) is 26.2 Å². The molecule has 3 rings (SSSR count). The second-order valence-corrected chi connectivity index (χ2v) is 8.53.